The zero-order valence-corrected chi connectivity index (χ0v) is 9.30. The van der Waals surface area contributed by atoms with Crippen molar-refractivity contribution in [2.75, 3.05) is 18.1 Å². The van der Waals surface area contributed by atoms with E-state index in [1.807, 2.05) is 0 Å². The molecular weight excluding hydrogens is 224 g/mol. The summed E-state index contributed by atoms with van der Waals surface area (Å²) in [5.74, 6) is -1.79. The smallest absolute Gasteiger partial charge is 0.331 e. The Morgan fingerprint density at radius 3 is 2.14 bits per heavy atom. The van der Waals surface area contributed by atoms with Crippen LogP contribution in [0.15, 0.2) is 4.99 Å². The highest BCUT2D eigenvalue weighted by atomic mass is 32.1. The molecule has 0 aromatic rings. The Morgan fingerprint density at radius 2 is 1.79 bits per heavy atom. The van der Waals surface area contributed by atoms with Gasteiger partial charge in [0.1, 0.15) is 6.54 Å². The lowest BCUT2D eigenvalue weighted by Gasteiger charge is -2.17. The summed E-state index contributed by atoms with van der Waals surface area (Å²) in [4.78, 5) is 14.8. The van der Waals surface area contributed by atoms with E-state index in [0.717, 1.165) is 0 Å². The average molecular weight is 238 g/mol. The lowest BCUT2D eigenvalue weighted by molar-refractivity contribution is -0.156. The Bertz CT molecular complexity index is 220. The van der Waals surface area contributed by atoms with Gasteiger partial charge in [-0.1, -0.05) is 0 Å². The van der Waals surface area contributed by atoms with E-state index >= 15 is 0 Å². The van der Waals surface area contributed by atoms with E-state index in [2.05, 4.69) is 35.0 Å². The molecule has 0 aliphatic rings. The maximum absolute atomic E-state index is 11.0. The largest absolute Gasteiger partial charge is 0.415 e. The van der Waals surface area contributed by atoms with Gasteiger partial charge in [-0.05, 0) is 0 Å². The van der Waals surface area contributed by atoms with Crippen molar-refractivity contribution in [3.63, 3.8) is 0 Å². The van der Waals surface area contributed by atoms with Crippen molar-refractivity contribution >= 4 is 36.9 Å². The predicted octanol–water partition coefficient (Wildman–Crippen LogP) is -1.68. The third-order valence-electron chi connectivity index (χ3n) is 1.09. The Balaban J connectivity index is 4.02. The number of hydrogen-bond acceptors (Lipinski definition) is 8. The number of carbonyl (C=O) groups excluding carboxylic acids is 1. The first kappa shape index (κ1) is 13.7. The number of hydrogen-bond donors (Lipinski definition) is 5. The monoisotopic (exact) mass is 238 g/mol. The number of thiol groups is 2. The number of esters is 1. The van der Waals surface area contributed by atoms with Crippen LogP contribution in [0.1, 0.15) is 0 Å². The van der Waals surface area contributed by atoms with Crippen LogP contribution in [0.5, 0.6) is 0 Å². The Morgan fingerprint density at radius 1 is 1.29 bits per heavy atom. The first-order valence-electron chi connectivity index (χ1n) is 3.71. The van der Waals surface area contributed by atoms with Crippen molar-refractivity contribution in [2.24, 2.45) is 22.2 Å². The maximum Gasteiger partial charge on any atom is 0.331 e. The minimum atomic E-state index is -1.95. The van der Waals surface area contributed by atoms with E-state index in [4.69, 9.17) is 17.2 Å². The van der Waals surface area contributed by atoms with Crippen molar-refractivity contribution in [2.45, 2.75) is 5.97 Å². The number of rotatable bonds is 5. The number of aliphatic imine (C=N–C) groups is 1. The second-order valence-corrected chi connectivity index (χ2v) is 3.16. The van der Waals surface area contributed by atoms with Crippen LogP contribution in [0.2, 0.25) is 0 Å². The van der Waals surface area contributed by atoms with Gasteiger partial charge in [-0.3, -0.25) is 22.2 Å². The highest BCUT2D eigenvalue weighted by molar-refractivity contribution is 7.82. The predicted molar refractivity (Wildman–Crippen MR) is 61.4 cm³/mol. The van der Waals surface area contributed by atoms with Crippen molar-refractivity contribution in [3.05, 3.63) is 0 Å². The fraction of sp³-hybridized carbons (Fsp3) is 0.667. The van der Waals surface area contributed by atoms with E-state index in [-0.39, 0.29) is 6.54 Å². The third-order valence-corrected chi connectivity index (χ3v) is 1.82. The summed E-state index contributed by atoms with van der Waals surface area (Å²) >= 11 is 7.96. The molecule has 0 bridgehead atoms. The van der Waals surface area contributed by atoms with Crippen molar-refractivity contribution in [1.29, 1.82) is 0 Å². The standard InChI is InChI=1S/C6H14N4O2S2/c7-6(8,9)12-5(11)1-10-4(2-13)3-14/h13-14H,1-3,7-9H2. The topological polar surface area (TPSA) is 117 Å². The van der Waals surface area contributed by atoms with Crippen LogP contribution < -0.4 is 17.2 Å². The van der Waals surface area contributed by atoms with Gasteiger partial charge in [0, 0.05) is 17.2 Å². The molecule has 0 unspecified atom stereocenters. The quantitative estimate of drug-likeness (QED) is 0.170. The van der Waals surface area contributed by atoms with Gasteiger partial charge in [0.15, 0.2) is 0 Å². The zero-order valence-electron chi connectivity index (χ0n) is 7.51. The van der Waals surface area contributed by atoms with Crippen molar-refractivity contribution < 1.29 is 9.53 Å². The van der Waals surface area contributed by atoms with Crippen LogP contribution in [-0.2, 0) is 9.53 Å². The molecule has 0 saturated carbocycles. The molecule has 0 radical (unpaired) electrons. The number of ether oxygens (including phenoxy) is 1. The summed E-state index contributed by atoms with van der Waals surface area (Å²) in [5, 5.41) is 0. The molecule has 6 N–H and O–H groups in total. The fourth-order valence-electron chi connectivity index (χ4n) is 0.556. The van der Waals surface area contributed by atoms with Gasteiger partial charge in [0.25, 0.3) is 5.97 Å². The van der Waals surface area contributed by atoms with Crippen LogP contribution >= 0.6 is 25.3 Å². The van der Waals surface area contributed by atoms with Gasteiger partial charge < -0.3 is 4.74 Å². The van der Waals surface area contributed by atoms with Crippen LogP contribution in [-0.4, -0.2) is 35.7 Å². The van der Waals surface area contributed by atoms with Gasteiger partial charge in [-0.2, -0.15) is 25.3 Å². The summed E-state index contributed by atoms with van der Waals surface area (Å²) in [6.45, 7) is -0.191. The van der Waals surface area contributed by atoms with Gasteiger partial charge in [-0.15, -0.1) is 0 Å². The number of nitrogens with zero attached hydrogens (tertiary/aromatic N) is 1. The molecular formula is C6H14N4O2S2. The molecule has 0 saturated heterocycles. The molecule has 0 aromatic heterocycles. The maximum atomic E-state index is 11.0. The van der Waals surface area contributed by atoms with Crippen LogP contribution in [0, 0.1) is 0 Å². The summed E-state index contributed by atoms with van der Waals surface area (Å²) in [7, 11) is 0. The molecule has 14 heavy (non-hydrogen) atoms. The van der Waals surface area contributed by atoms with Gasteiger partial charge in [0.05, 0.1) is 0 Å². The summed E-state index contributed by atoms with van der Waals surface area (Å²) in [6.07, 6.45) is 0. The SMILES string of the molecule is NC(N)(N)OC(=O)CN=C(CS)CS. The first-order chi connectivity index (χ1) is 6.39. The second kappa shape index (κ2) is 6.25. The van der Waals surface area contributed by atoms with E-state index < -0.39 is 11.9 Å². The normalized spacial score (nSPS) is 10.9. The van der Waals surface area contributed by atoms with E-state index in [1.54, 1.807) is 0 Å². The van der Waals surface area contributed by atoms with Crippen molar-refractivity contribution in [1.82, 2.24) is 0 Å². The molecule has 6 nitrogen and oxygen atoms in total. The summed E-state index contributed by atoms with van der Waals surface area (Å²) < 4.78 is 4.41. The van der Waals surface area contributed by atoms with Crippen LogP contribution in [0.4, 0.5) is 0 Å². The lowest BCUT2D eigenvalue weighted by Crippen LogP contribution is -2.61. The third kappa shape index (κ3) is 7.15. The number of carbonyl (C=O) groups is 1. The summed E-state index contributed by atoms with van der Waals surface area (Å²) in [5.41, 5.74) is 15.8. The molecule has 0 aliphatic heterocycles. The Hall–Kier alpha value is -0.280. The first-order valence-corrected chi connectivity index (χ1v) is 4.98. The van der Waals surface area contributed by atoms with Crippen LogP contribution in [0.3, 0.4) is 0 Å². The molecule has 0 amide bonds. The molecule has 0 rings (SSSR count). The Labute approximate surface area is 93.1 Å². The molecule has 8 heteroatoms. The van der Waals surface area contributed by atoms with E-state index in [9.17, 15) is 4.79 Å². The van der Waals surface area contributed by atoms with E-state index in [1.165, 1.54) is 0 Å². The average Bonchev–Trinajstić information content (AvgIpc) is 2.03. The number of nitrogens with two attached hydrogens (primary N) is 3. The molecule has 0 atom stereocenters. The molecule has 0 aliphatic carbocycles. The lowest BCUT2D eigenvalue weighted by atomic mass is 10.5. The molecule has 0 aromatic carbocycles. The molecule has 0 spiro atoms. The van der Waals surface area contributed by atoms with Gasteiger partial charge in [-0.25, -0.2) is 4.79 Å². The Kier molecular flexibility index (Phi) is 6.12. The fourth-order valence-corrected chi connectivity index (χ4v) is 1.16. The minimum absolute atomic E-state index is 0.191. The molecule has 0 heterocycles. The summed E-state index contributed by atoms with van der Waals surface area (Å²) in [6, 6.07) is 0. The highest BCUT2D eigenvalue weighted by Gasteiger charge is 2.17. The van der Waals surface area contributed by atoms with E-state index in [0.29, 0.717) is 17.2 Å². The van der Waals surface area contributed by atoms with Crippen molar-refractivity contribution in [3.8, 4) is 0 Å². The van der Waals surface area contributed by atoms with Gasteiger partial charge >= 0.3 is 5.97 Å². The molecule has 82 valence electrons. The van der Waals surface area contributed by atoms with Gasteiger partial charge in [0.2, 0.25) is 0 Å². The second-order valence-electron chi connectivity index (χ2n) is 2.53. The highest BCUT2D eigenvalue weighted by Crippen LogP contribution is 1.91. The van der Waals surface area contributed by atoms with Crippen LogP contribution in [0.25, 0.3) is 0 Å². The zero-order chi connectivity index (χ0) is 11.2. The molecule has 0 fully saturated rings. The minimum Gasteiger partial charge on any atom is -0.415 e.